The number of carbonyl (C=O) groups excluding carboxylic acids is 1. The van der Waals surface area contributed by atoms with Crippen LogP contribution in [0.2, 0.25) is 0 Å². The van der Waals surface area contributed by atoms with Crippen molar-refractivity contribution in [3.63, 3.8) is 0 Å². The van der Waals surface area contributed by atoms with Gasteiger partial charge in [0.2, 0.25) is 11.7 Å². The Balaban J connectivity index is 1.33. The van der Waals surface area contributed by atoms with Crippen molar-refractivity contribution in [2.75, 3.05) is 20.2 Å². The van der Waals surface area contributed by atoms with Crippen molar-refractivity contribution >= 4 is 11.6 Å². The SMILES string of the molecule is COc1ccccc1-c1noc(C2CN(C(=O)c3c(C)nc4ccccn34)C2)n1. The zero-order valence-electron chi connectivity index (χ0n) is 16.1. The molecule has 1 aromatic carbocycles. The van der Waals surface area contributed by atoms with Gasteiger partial charge in [-0.25, -0.2) is 4.98 Å². The van der Waals surface area contributed by atoms with Gasteiger partial charge in [0.1, 0.15) is 17.1 Å². The Bertz CT molecular complexity index is 1210. The van der Waals surface area contributed by atoms with Crippen LogP contribution in [0.1, 0.15) is 28.0 Å². The van der Waals surface area contributed by atoms with Gasteiger partial charge in [0.25, 0.3) is 5.91 Å². The molecule has 0 N–H and O–H groups in total. The number of amides is 1. The fourth-order valence-corrected chi connectivity index (χ4v) is 3.66. The molecule has 8 heteroatoms. The Kier molecular flexibility index (Phi) is 4.04. The molecule has 0 aliphatic carbocycles. The number of hydrogen-bond donors (Lipinski definition) is 0. The monoisotopic (exact) mass is 389 g/mol. The highest BCUT2D eigenvalue weighted by Crippen LogP contribution is 2.32. The molecule has 4 aromatic rings. The Morgan fingerprint density at radius 2 is 1.93 bits per heavy atom. The normalized spacial score (nSPS) is 14.2. The lowest BCUT2D eigenvalue weighted by molar-refractivity contribution is 0.0561. The molecule has 0 spiro atoms. The van der Waals surface area contributed by atoms with E-state index in [1.54, 1.807) is 12.0 Å². The van der Waals surface area contributed by atoms with Crippen LogP contribution in [0.3, 0.4) is 0 Å². The lowest BCUT2D eigenvalue weighted by atomic mass is 9.99. The zero-order valence-corrected chi connectivity index (χ0v) is 16.1. The largest absolute Gasteiger partial charge is 0.496 e. The number of rotatable bonds is 4. The number of likely N-dealkylation sites (tertiary alicyclic amines) is 1. The Labute approximate surface area is 166 Å². The predicted molar refractivity (Wildman–Crippen MR) is 105 cm³/mol. The molecule has 146 valence electrons. The second-order valence-electron chi connectivity index (χ2n) is 7.04. The molecule has 4 heterocycles. The van der Waals surface area contributed by atoms with Gasteiger partial charge in [-0.15, -0.1) is 0 Å². The Morgan fingerprint density at radius 1 is 1.14 bits per heavy atom. The van der Waals surface area contributed by atoms with Crippen LogP contribution in [0.5, 0.6) is 5.75 Å². The molecule has 0 atom stereocenters. The van der Waals surface area contributed by atoms with E-state index in [1.165, 1.54) is 0 Å². The van der Waals surface area contributed by atoms with E-state index in [0.717, 1.165) is 16.9 Å². The summed E-state index contributed by atoms with van der Waals surface area (Å²) in [7, 11) is 1.61. The number of nitrogens with zero attached hydrogens (tertiary/aromatic N) is 5. The van der Waals surface area contributed by atoms with Crippen LogP contribution in [0.4, 0.5) is 0 Å². The van der Waals surface area contributed by atoms with Crippen LogP contribution < -0.4 is 4.74 Å². The summed E-state index contributed by atoms with van der Waals surface area (Å²) in [6.07, 6.45) is 1.86. The van der Waals surface area contributed by atoms with Crippen molar-refractivity contribution in [1.82, 2.24) is 24.4 Å². The first-order chi connectivity index (χ1) is 14.2. The number of pyridine rings is 1. The molecule has 1 fully saturated rings. The third-order valence-corrected chi connectivity index (χ3v) is 5.21. The number of hydrogen-bond acceptors (Lipinski definition) is 6. The maximum atomic E-state index is 13.0. The fourth-order valence-electron chi connectivity index (χ4n) is 3.66. The number of benzene rings is 1. The van der Waals surface area contributed by atoms with E-state index in [0.29, 0.717) is 36.2 Å². The minimum absolute atomic E-state index is 0.0226. The minimum Gasteiger partial charge on any atom is -0.496 e. The number of aryl methyl sites for hydroxylation is 1. The summed E-state index contributed by atoms with van der Waals surface area (Å²) in [6, 6.07) is 13.2. The molecule has 0 unspecified atom stereocenters. The molecule has 0 radical (unpaired) electrons. The number of fused-ring (bicyclic) bond motifs is 1. The zero-order chi connectivity index (χ0) is 20.0. The van der Waals surface area contributed by atoms with Crippen LogP contribution in [0.25, 0.3) is 17.0 Å². The molecule has 1 aliphatic rings. The predicted octanol–water partition coefficient (Wildman–Crippen LogP) is 2.94. The minimum atomic E-state index is -0.0399. The molecule has 1 aliphatic heterocycles. The number of aromatic nitrogens is 4. The summed E-state index contributed by atoms with van der Waals surface area (Å²) in [6.45, 7) is 2.92. The average Bonchev–Trinajstić information content (AvgIpc) is 3.30. The van der Waals surface area contributed by atoms with Crippen LogP contribution in [-0.2, 0) is 0 Å². The van der Waals surface area contributed by atoms with Gasteiger partial charge in [-0.2, -0.15) is 4.98 Å². The first-order valence-electron chi connectivity index (χ1n) is 9.35. The van der Waals surface area contributed by atoms with Crippen LogP contribution in [-0.4, -0.2) is 50.5 Å². The summed E-state index contributed by atoms with van der Waals surface area (Å²) in [5.74, 6) is 1.69. The first kappa shape index (κ1) is 17.4. The molecular weight excluding hydrogens is 370 g/mol. The summed E-state index contributed by atoms with van der Waals surface area (Å²) < 4.78 is 12.7. The van der Waals surface area contributed by atoms with Gasteiger partial charge in [0.05, 0.1) is 24.3 Å². The van der Waals surface area contributed by atoms with Gasteiger partial charge >= 0.3 is 0 Å². The maximum absolute atomic E-state index is 13.0. The first-order valence-corrected chi connectivity index (χ1v) is 9.35. The van der Waals surface area contributed by atoms with Crippen molar-refractivity contribution in [2.45, 2.75) is 12.8 Å². The van der Waals surface area contributed by atoms with Gasteiger partial charge in [-0.3, -0.25) is 9.20 Å². The molecule has 8 nitrogen and oxygen atoms in total. The summed E-state index contributed by atoms with van der Waals surface area (Å²) >= 11 is 0. The molecule has 0 bridgehead atoms. The standard InChI is InChI=1S/C21H19N5O3/c1-13-18(26-10-6-5-9-17(26)22-13)21(27)25-11-14(12-25)20-23-19(24-29-20)15-7-3-4-8-16(15)28-2/h3-10,14H,11-12H2,1-2H3. The van der Waals surface area contributed by atoms with Crippen LogP contribution in [0.15, 0.2) is 53.2 Å². The second kappa shape index (κ2) is 6.73. The average molecular weight is 389 g/mol. The van der Waals surface area contributed by atoms with Crippen molar-refractivity contribution in [2.24, 2.45) is 0 Å². The third-order valence-electron chi connectivity index (χ3n) is 5.21. The summed E-state index contributed by atoms with van der Waals surface area (Å²) in [5.41, 5.74) is 2.86. The topological polar surface area (TPSA) is 85.8 Å². The van der Waals surface area contributed by atoms with E-state index in [4.69, 9.17) is 9.26 Å². The van der Waals surface area contributed by atoms with Crippen molar-refractivity contribution in [3.05, 3.63) is 65.9 Å². The molecule has 3 aromatic heterocycles. The lowest BCUT2D eigenvalue weighted by Gasteiger charge is -2.37. The van der Waals surface area contributed by atoms with Gasteiger partial charge in [0, 0.05) is 19.3 Å². The highest BCUT2D eigenvalue weighted by atomic mass is 16.5. The fraction of sp³-hybridized carbons (Fsp3) is 0.238. The van der Waals surface area contributed by atoms with E-state index in [9.17, 15) is 4.79 Å². The number of methoxy groups -OCH3 is 1. The molecule has 1 amide bonds. The molecule has 1 saturated heterocycles. The van der Waals surface area contributed by atoms with Crippen molar-refractivity contribution in [3.8, 4) is 17.1 Å². The van der Waals surface area contributed by atoms with Crippen LogP contribution in [0, 0.1) is 6.92 Å². The number of para-hydroxylation sites is 1. The third kappa shape index (κ3) is 2.84. The number of ether oxygens (including phenoxy) is 1. The van der Waals surface area contributed by atoms with Gasteiger partial charge < -0.3 is 14.2 Å². The van der Waals surface area contributed by atoms with E-state index < -0.39 is 0 Å². The van der Waals surface area contributed by atoms with E-state index >= 15 is 0 Å². The quantitative estimate of drug-likeness (QED) is 0.533. The molecule has 5 rings (SSSR count). The Hall–Kier alpha value is -3.68. The Morgan fingerprint density at radius 3 is 2.76 bits per heavy atom. The van der Waals surface area contributed by atoms with Gasteiger partial charge in [-0.1, -0.05) is 23.4 Å². The van der Waals surface area contributed by atoms with E-state index in [2.05, 4.69) is 15.1 Å². The van der Waals surface area contributed by atoms with Crippen LogP contribution >= 0.6 is 0 Å². The van der Waals surface area contributed by atoms with E-state index in [-0.39, 0.29) is 11.8 Å². The highest BCUT2D eigenvalue weighted by molar-refractivity contribution is 5.95. The summed E-state index contributed by atoms with van der Waals surface area (Å²) in [5, 5.41) is 4.09. The highest BCUT2D eigenvalue weighted by Gasteiger charge is 2.37. The maximum Gasteiger partial charge on any atom is 0.272 e. The molecule has 0 saturated carbocycles. The summed E-state index contributed by atoms with van der Waals surface area (Å²) in [4.78, 5) is 23.8. The van der Waals surface area contributed by atoms with Gasteiger partial charge in [0.15, 0.2) is 0 Å². The molecule has 29 heavy (non-hydrogen) atoms. The number of carbonyl (C=O) groups is 1. The smallest absolute Gasteiger partial charge is 0.272 e. The number of imidazole rings is 1. The second-order valence-corrected chi connectivity index (χ2v) is 7.04. The van der Waals surface area contributed by atoms with Crippen molar-refractivity contribution in [1.29, 1.82) is 0 Å². The van der Waals surface area contributed by atoms with Crippen molar-refractivity contribution < 1.29 is 14.1 Å². The van der Waals surface area contributed by atoms with Gasteiger partial charge in [-0.05, 0) is 31.2 Å². The van der Waals surface area contributed by atoms with E-state index in [1.807, 2.05) is 60.0 Å². The molecular formula is C21H19N5O3. The lowest BCUT2D eigenvalue weighted by Crippen LogP contribution is -2.49.